The van der Waals surface area contributed by atoms with E-state index < -0.39 is 5.97 Å². The number of likely N-dealkylation sites (N-methyl/N-ethyl adjacent to an activating group) is 1. The van der Waals surface area contributed by atoms with Crippen molar-refractivity contribution in [3.05, 3.63) is 29.7 Å². The topological polar surface area (TPSA) is 79.2 Å². The van der Waals surface area contributed by atoms with Crippen molar-refractivity contribution in [2.75, 3.05) is 20.7 Å². The summed E-state index contributed by atoms with van der Waals surface area (Å²) in [5.41, 5.74) is 0.850. The molecule has 1 amide bonds. The van der Waals surface area contributed by atoms with E-state index in [9.17, 15) is 9.59 Å². The first-order chi connectivity index (χ1) is 10.8. The lowest BCUT2D eigenvalue weighted by Gasteiger charge is -2.09. The Morgan fingerprint density at radius 2 is 2.04 bits per heavy atom. The molecule has 0 bridgehead atoms. The number of thioether (sulfide) groups is 1. The minimum Gasteiger partial charge on any atom is -0.480 e. The van der Waals surface area contributed by atoms with Crippen LogP contribution in [0.2, 0.25) is 0 Å². The Balaban J connectivity index is 2.30. The Morgan fingerprint density at radius 1 is 1.43 bits per heavy atom. The largest absolute Gasteiger partial charge is 0.480 e. The first kappa shape index (κ1) is 18.5. The van der Waals surface area contributed by atoms with Gasteiger partial charge in [0, 0.05) is 14.1 Å². The molecule has 0 aromatic heterocycles. The normalized spacial score (nSPS) is 18.1. The van der Waals surface area contributed by atoms with Crippen LogP contribution in [0.4, 0.5) is 0 Å². The second kappa shape index (κ2) is 7.83. The zero-order valence-corrected chi connectivity index (χ0v) is 17.3. The van der Waals surface area contributed by atoms with Crippen molar-refractivity contribution >= 4 is 80.1 Å². The van der Waals surface area contributed by atoms with Crippen LogP contribution in [0, 0.1) is 7.14 Å². The molecule has 9 heteroatoms. The smallest absolute Gasteiger partial charge is 0.341 e. The van der Waals surface area contributed by atoms with Gasteiger partial charge in [0.05, 0.1) is 12.0 Å². The van der Waals surface area contributed by atoms with Crippen LogP contribution in [0.3, 0.4) is 0 Å². The zero-order chi connectivity index (χ0) is 17.1. The van der Waals surface area contributed by atoms with Gasteiger partial charge in [-0.2, -0.15) is 0 Å². The monoisotopic (exact) mass is 558 g/mol. The van der Waals surface area contributed by atoms with Crippen molar-refractivity contribution in [2.24, 2.45) is 4.99 Å². The first-order valence-corrected chi connectivity index (χ1v) is 9.29. The third-order valence-electron chi connectivity index (χ3n) is 2.85. The average Bonchev–Trinajstić information content (AvgIpc) is 2.74. The minimum absolute atomic E-state index is 0.0909. The number of hydrogen-bond donors (Lipinski definition) is 1. The molecule has 0 aliphatic carbocycles. The SMILES string of the molecule is CN=C1S/C(=C\c2cc(I)c(OCC(=O)O)c(I)c2)C(=O)N1C. The summed E-state index contributed by atoms with van der Waals surface area (Å²) in [6, 6.07) is 3.70. The van der Waals surface area contributed by atoms with E-state index in [0.29, 0.717) is 15.8 Å². The highest BCUT2D eigenvalue weighted by Crippen LogP contribution is 2.34. The van der Waals surface area contributed by atoms with Gasteiger partial charge in [-0.1, -0.05) is 0 Å². The number of amidine groups is 1. The summed E-state index contributed by atoms with van der Waals surface area (Å²) in [5, 5.41) is 9.37. The first-order valence-electron chi connectivity index (χ1n) is 6.31. The Hall–Kier alpha value is -0.820. The number of amides is 1. The van der Waals surface area contributed by atoms with Gasteiger partial charge in [-0.3, -0.25) is 14.7 Å². The van der Waals surface area contributed by atoms with E-state index >= 15 is 0 Å². The number of nitrogens with zero attached hydrogens (tertiary/aromatic N) is 2. The molecule has 1 N–H and O–H groups in total. The van der Waals surface area contributed by atoms with Gasteiger partial charge in [0.15, 0.2) is 11.8 Å². The van der Waals surface area contributed by atoms with Crippen LogP contribution in [-0.4, -0.2) is 47.8 Å². The second-order valence-electron chi connectivity index (χ2n) is 4.48. The lowest BCUT2D eigenvalue weighted by atomic mass is 10.2. The molecule has 23 heavy (non-hydrogen) atoms. The minimum atomic E-state index is -1.02. The molecule has 1 fully saturated rings. The number of ether oxygens (including phenoxy) is 1. The number of halogens is 2. The fraction of sp³-hybridized carbons (Fsp3) is 0.214. The van der Waals surface area contributed by atoms with Crippen LogP contribution in [0.25, 0.3) is 6.08 Å². The molecular formula is C14H12I2N2O4S. The molecule has 0 saturated carbocycles. The van der Waals surface area contributed by atoms with Gasteiger partial charge in [-0.15, -0.1) is 0 Å². The maximum atomic E-state index is 12.2. The van der Waals surface area contributed by atoms with Gasteiger partial charge in [0.1, 0.15) is 5.75 Å². The van der Waals surface area contributed by atoms with E-state index in [0.717, 1.165) is 12.7 Å². The summed E-state index contributed by atoms with van der Waals surface area (Å²) in [5.74, 6) is -0.578. The number of carboxylic acids is 1. The second-order valence-corrected chi connectivity index (χ2v) is 7.81. The summed E-state index contributed by atoms with van der Waals surface area (Å²) < 4.78 is 6.87. The predicted molar refractivity (Wildman–Crippen MR) is 107 cm³/mol. The molecule has 1 aromatic carbocycles. The average molecular weight is 558 g/mol. The van der Waals surface area contributed by atoms with Crippen molar-refractivity contribution in [3.63, 3.8) is 0 Å². The number of aliphatic carboxylic acids is 1. The predicted octanol–water partition coefficient (Wildman–Crippen LogP) is 2.89. The molecule has 1 saturated heterocycles. The van der Waals surface area contributed by atoms with E-state index in [1.165, 1.54) is 16.7 Å². The summed E-state index contributed by atoms with van der Waals surface area (Å²) in [6.07, 6.45) is 1.80. The highest BCUT2D eigenvalue weighted by molar-refractivity contribution is 14.1. The number of carbonyl (C=O) groups excluding carboxylic acids is 1. The van der Waals surface area contributed by atoms with Gasteiger partial charge in [0.2, 0.25) is 0 Å². The van der Waals surface area contributed by atoms with Crippen molar-refractivity contribution in [3.8, 4) is 5.75 Å². The van der Waals surface area contributed by atoms with Crippen LogP contribution < -0.4 is 4.74 Å². The molecule has 0 unspecified atom stereocenters. The van der Waals surface area contributed by atoms with Crippen molar-refractivity contribution in [1.29, 1.82) is 0 Å². The number of carbonyl (C=O) groups is 2. The van der Waals surface area contributed by atoms with Crippen LogP contribution in [0.1, 0.15) is 5.56 Å². The van der Waals surface area contributed by atoms with Crippen molar-refractivity contribution < 1.29 is 19.4 Å². The number of aliphatic imine (C=N–C) groups is 1. The maximum Gasteiger partial charge on any atom is 0.341 e. The fourth-order valence-corrected chi connectivity index (χ4v) is 4.89. The van der Waals surface area contributed by atoms with Crippen LogP contribution in [-0.2, 0) is 9.59 Å². The summed E-state index contributed by atoms with van der Waals surface area (Å²) in [6.45, 7) is -0.387. The lowest BCUT2D eigenvalue weighted by Crippen LogP contribution is -2.23. The Morgan fingerprint density at radius 3 is 2.52 bits per heavy atom. The molecule has 0 spiro atoms. The molecule has 6 nitrogen and oxygen atoms in total. The Labute approximate surface area is 164 Å². The van der Waals surface area contributed by atoms with E-state index in [1.807, 2.05) is 12.1 Å². The van der Waals surface area contributed by atoms with Gasteiger partial charge in [-0.05, 0) is 80.7 Å². The highest BCUT2D eigenvalue weighted by Gasteiger charge is 2.29. The van der Waals surface area contributed by atoms with E-state index in [-0.39, 0.29) is 12.5 Å². The Bertz CT molecular complexity index is 710. The zero-order valence-electron chi connectivity index (χ0n) is 12.2. The standard InChI is InChI=1S/C14H12I2N2O4S/c1-17-14-18(2)13(21)10(23-14)5-7-3-8(15)12(9(16)4-7)22-6-11(19)20/h3-5H,6H2,1-2H3,(H,19,20)/b10-5-,17-14?. The number of benzene rings is 1. The summed E-state index contributed by atoms with van der Waals surface area (Å²) in [7, 11) is 3.34. The summed E-state index contributed by atoms with van der Waals surface area (Å²) >= 11 is 5.50. The molecule has 1 aliphatic heterocycles. The van der Waals surface area contributed by atoms with Crippen LogP contribution in [0.15, 0.2) is 22.0 Å². The molecular weight excluding hydrogens is 546 g/mol. The number of hydrogen-bond acceptors (Lipinski definition) is 5. The highest BCUT2D eigenvalue weighted by atomic mass is 127. The van der Waals surface area contributed by atoms with Crippen molar-refractivity contribution in [1.82, 2.24) is 4.90 Å². The third-order valence-corrected chi connectivity index (χ3v) is 5.61. The van der Waals surface area contributed by atoms with Gasteiger partial charge in [0.25, 0.3) is 5.91 Å². The number of rotatable bonds is 4. The van der Waals surface area contributed by atoms with Crippen LogP contribution >= 0.6 is 56.9 Å². The van der Waals surface area contributed by atoms with Crippen LogP contribution in [0.5, 0.6) is 5.75 Å². The van der Waals surface area contributed by atoms with Gasteiger partial charge in [-0.25, -0.2) is 4.79 Å². The van der Waals surface area contributed by atoms with Crippen molar-refractivity contribution in [2.45, 2.75) is 0 Å². The Kier molecular flexibility index (Phi) is 6.31. The lowest BCUT2D eigenvalue weighted by molar-refractivity contribution is -0.139. The fourth-order valence-electron chi connectivity index (χ4n) is 1.84. The number of carboxylic acid groups (broad SMARTS) is 1. The molecule has 122 valence electrons. The van der Waals surface area contributed by atoms with E-state index in [1.54, 1.807) is 20.2 Å². The van der Waals surface area contributed by atoms with Gasteiger partial charge < -0.3 is 9.84 Å². The molecule has 2 rings (SSSR count). The molecule has 1 heterocycles. The quantitative estimate of drug-likeness (QED) is 0.455. The summed E-state index contributed by atoms with van der Waals surface area (Å²) in [4.78, 5) is 29.0. The van der Waals surface area contributed by atoms with Gasteiger partial charge >= 0.3 is 5.97 Å². The molecule has 0 radical (unpaired) electrons. The third kappa shape index (κ3) is 4.38. The maximum absolute atomic E-state index is 12.2. The molecule has 0 atom stereocenters. The van der Waals surface area contributed by atoms with E-state index in [2.05, 4.69) is 50.2 Å². The molecule has 1 aliphatic rings. The van der Waals surface area contributed by atoms with E-state index in [4.69, 9.17) is 9.84 Å². The molecule has 1 aromatic rings.